The fourth-order valence-electron chi connectivity index (χ4n) is 2.44. The average Bonchev–Trinajstić information content (AvgIpc) is 2.55. The molecule has 2 aromatic carbocycles. The summed E-state index contributed by atoms with van der Waals surface area (Å²) in [6.45, 7) is 3.49. The van der Waals surface area contributed by atoms with Gasteiger partial charge in [0.15, 0.2) is 0 Å². The number of ether oxygens (including phenoxy) is 1. The van der Waals surface area contributed by atoms with Gasteiger partial charge in [0.25, 0.3) is 17.4 Å². The zero-order valence-corrected chi connectivity index (χ0v) is 13.4. The molecule has 3 rings (SSSR count). The first-order valence-corrected chi connectivity index (χ1v) is 7.52. The third-order valence-corrected chi connectivity index (χ3v) is 3.93. The molecule has 0 aromatic heterocycles. The zero-order chi connectivity index (χ0) is 17.3. The van der Waals surface area contributed by atoms with Gasteiger partial charge in [-0.25, -0.2) is 4.39 Å². The van der Waals surface area contributed by atoms with Gasteiger partial charge in [-0.05, 0) is 49.2 Å². The van der Waals surface area contributed by atoms with Crippen LogP contribution in [0.25, 0.3) is 0 Å². The molecule has 0 fully saturated rings. The highest BCUT2D eigenvalue weighted by Crippen LogP contribution is 2.34. The summed E-state index contributed by atoms with van der Waals surface area (Å²) >= 11 is 0. The van der Waals surface area contributed by atoms with Gasteiger partial charge in [0.05, 0.1) is 5.69 Å². The summed E-state index contributed by atoms with van der Waals surface area (Å²) in [4.78, 5) is 24.8. The van der Waals surface area contributed by atoms with Crippen molar-refractivity contribution in [3.63, 3.8) is 0 Å². The van der Waals surface area contributed by atoms with Crippen LogP contribution in [0.1, 0.15) is 18.1 Å². The number of amides is 2. The predicted octanol–water partition coefficient (Wildman–Crippen LogP) is 2.54. The monoisotopic (exact) mass is 328 g/mol. The van der Waals surface area contributed by atoms with Crippen LogP contribution >= 0.6 is 0 Å². The fourth-order valence-corrected chi connectivity index (χ4v) is 2.44. The minimum absolute atomic E-state index is 0.173. The molecule has 0 spiro atoms. The SMILES string of the molecule is Cc1ccc2c(c1)NC(=O)[C@](C)(C(=O)NCc1ccc(F)cc1)O2. The first kappa shape index (κ1) is 16.0. The molecule has 6 heteroatoms. The number of halogens is 1. The number of carbonyl (C=O) groups excluding carboxylic acids is 2. The van der Waals surface area contributed by atoms with Crippen LogP contribution in [0.2, 0.25) is 0 Å². The van der Waals surface area contributed by atoms with Gasteiger partial charge in [-0.15, -0.1) is 0 Å². The maximum atomic E-state index is 12.9. The number of carbonyl (C=O) groups is 2. The van der Waals surface area contributed by atoms with Crippen LogP contribution in [0.4, 0.5) is 10.1 Å². The lowest BCUT2D eigenvalue weighted by atomic mass is 10.0. The van der Waals surface area contributed by atoms with Crippen molar-refractivity contribution in [3.8, 4) is 5.75 Å². The molecule has 1 atom stereocenters. The molecule has 1 aliphatic rings. The lowest BCUT2D eigenvalue weighted by Gasteiger charge is -2.33. The summed E-state index contributed by atoms with van der Waals surface area (Å²) in [6.07, 6.45) is 0. The first-order chi connectivity index (χ1) is 11.4. The number of benzene rings is 2. The molecule has 0 unspecified atom stereocenters. The Morgan fingerprint density at radius 2 is 1.96 bits per heavy atom. The number of hydrogen-bond donors (Lipinski definition) is 2. The number of nitrogens with one attached hydrogen (secondary N) is 2. The van der Waals surface area contributed by atoms with Gasteiger partial charge in [0.1, 0.15) is 11.6 Å². The first-order valence-electron chi connectivity index (χ1n) is 7.52. The van der Waals surface area contributed by atoms with Crippen molar-refractivity contribution in [2.45, 2.75) is 26.0 Å². The van der Waals surface area contributed by atoms with Crippen LogP contribution in [0, 0.1) is 12.7 Å². The van der Waals surface area contributed by atoms with E-state index >= 15 is 0 Å². The van der Waals surface area contributed by atoms with Gasteiger partial charge in [-0.3, -0.25) is 9.59 Å². The Hall–Kier alpha value is -2.89. The van der Waals surface area contributed by atoms with E-state index in [-0.39, 0.29) is 12.4 Å². The molecule has 1 aliphatic heterocycles. The molecule has 0 radical (unpaired) electrons. The molecule has 0 bridgehead atoms. The van der Waals surface area contributed by atoms with E-state index in [9.17, 15) is 14.0 Å². The third kappa shape index (κ3) is 2.95. The van der Waals surface area contributed by atoms with Crippen LogP contribution in [0.5, 0.6) is 5.75 Å². The maximum absolute atomic E-state index is 12.9. The Kier molecular flexibility index (Phi) is 3.97. The highest BCUT2D eigenvalue weighted by atomic mass is 19.1. The van der Waals surface area contributed by atoms with Crippen molar-refractivity contribution in [1.82, 2.24) is 5.32 Å². The van der Waals surface area contributed by atoms with E-state index in [4.69, 9.17) is 4.74 Å². The molecule has 0 aliphatic carbocycles. The molecule has 5 nitrogen and oxygen atoms in total. The van der Waals surface area contributed by atoms with Crippen molar-refractivity contribution in [3.05, 3.63) is 59.4 Å². The number of hydrogen-bond acceptors (Lipinski definition) is 3. The second-order valence-electron chi connectivity index (χ2n) is 5.90. The molecular weight excluding hydrogens is 311 g/mol. The third-order valence-electron chi connectivity index (χ3n) is 3.93. The number of anilines is 1. The minimum Gasteiger partial charge on any atom is -0.466 e. The van der Waals surface area contributed by atoms with E-state index < -0.39 is 17.4 Å². The Morgan fingerprint density at radius 3 is 2.67 bits per heavy atom. The molecule has 2 amide bonds. The van der Waals surface area contributed by atoms with Gasteiger partial charge in [0, 0.05) is 6.54 Å². The van der Waals surface area contributed by atoms with Crippen LogP contribution in [-0.2, 0) is 16.1 Å². The van der Waals surface area contributed by atoms with Crippen molar-refractivity contribution >= 4 is 17.5 Å². The summed E-state index contributed by atoms with van der Waals surface area (Å²) in [5, 5.41) is 5.36. The molecule has 0 saturated carbocycles. The molecule has 2 aromatic rings. The van der Waals surface area contributed by atoms with Crippen LogP contribution in [0.15, 0.2) is 42.5 Å². The number of aryl methyl sites for hydroxylation is 1. The molecule has 0 saturated heterocycles. The van der Waals surface area contributed by atoms with Crippen molar-refractivity contribution in [2.75, 3.05) is 5.32 Å². The van der Waals surface area contributed by atoms with Crippen LogP contribution in [-0.4, -0.2) is 17.4 Å². The van der Waals surface area contributed by atoms with Crippen molar-refractivity contribution < 1.29 is 18.7 Å². The minimum atomic E-state index is -1.66. The van der Waals surface area contributed by atoms with Gasteiger partial charge < -0.3 is 15.4 Å². The number of rotatable bonds is 3. The van der Waals surface area contributed by atoms with E-state index in [1.165, 1.54) is 19.1 Å². The standard InChI is InChI=1S/C18H17FN2O3/c1-11-3-8-15-14(9-11)21-17(23)18(2,24-15)16(22)20-10-12-4-6-13(19)7-5-12/h3-9H,10H2,1-2H3,(H,20,22)(H,21,23)/t18-/m0/s1. The topological polar surface area (TPSA) is 67.4 Å². The lowest BCUT2D eigenvalue weighted by Crippen LogP contribution is -2.58. The molecule has 1 heterocycles. The second kappa shape index (κ2) is 5.96. The summed E-state index contributed by atoms with van der Waals surface area (Å²) in [5.74, 6) is -0.994. The highest BCUT2D eigenvalue weighted by molar-refractivity contribution is 6.15. The van der Waals surface area contributed by atoms with E-state index in [2.05, 4.69) is 10.6 Å². The Labute approximate surface area is 138 Å². The van der Waals surface area contributed by atoms with E-state index in [1.807, 2.05) is 13.0 Å². The van der Waals surface area contributed by atoms with E-state index in [0.717, 1.165) is 11.1 Å². The largest absolute Gasteiger partial charge is 0.466 e. The van der Waals surface area contributed by atoms with Gasteiger partial charge in [-0.2, -0.15) is 0 Å². The smallest absolute Gasteiger partial charge is 0.278 e. The lowest BCUT2D eigenvalue weighted by molar-refractivity contribution is -0.146. The average molecular weight is 328 g/mol. The van der Waals surface area contributed by atoms with Crippen LogP contribution in [0.3, 0.4) is 0 Å². The molecule has 124 valence electrons. The normalized spacial score (nSPS) is 19.0. The Bertz CT molecular complexity index is 804. The Balaban J connectivity index is 1.74. The highest BCUT2D eigenvalue weighted by Gasteiger charge is 2.47. The summed E-state index contributed by atoms with van der Waals surface area (Å²) < 4.78 is 18.6. The molecule has 24 heavy (non-hydrogen) atoms. The number of fused-ring (bicyclic) bond motifs is 1. The Morgan fingerprint density at radius 1 is 1.25 bits per heavy atom. The van der Waals surface area contributed by atoms with E-state index in [0.29, 0.717) is 11.4 Å². The maximum Gasteiger partial charge on any atom is 0.278 e. The fraction of sp³-hybridized carbons (Fsp3) is 0.222. The summed E-state index contributed by atoms with van der Waals surface area (Å²) in [5.41, 5.74) is 0.578. The second-order valence-corrected chi connectivity index (χ2v) is 5.90. The summed E-state index contributed by atoms with van der Waals surface area (Å²) in [7, 11) is 0. The van der Waals surface area contributed by atoms with Crippen molar-refractivity contribution in [1.29, 1.82) is 0 Å². The van der Waals surface area contributed by atoms with Crippen LogP contribution < -0.4 is 15.4 Å². The van der Waals surface area contributed by atoms with Gasteiger partial charge in [-0.1, -0.05) is 18.2 Å². The zero-order valence-electron chi connectivity index (χ0n) is 13.4. The molecule has 2 N–H and O–H groups in total. The van der Waals surface area contributed by atoms with Gasteiger partial charge >= 0.3 is 0 Å². The quantitative estimate of drug-likeness (QED) is 0.851. The van der Waals surface area contributed by atoms with E-state index in [1.54, 1.807) is 24.3 Å². The predicted molar refractivity (Wildman–Crippen MR) is 87.1 cm³/mol. The van der Waals surface area contributed by atoms with Crippen molar-refractivity contribution in [2.24, 2.45) is 0 Å². The van der Waals surface area contributed by atoms with Gasteiger partial charge in [0.2, 0.25) is 0 Å². The molecular formula is C18H17FN2O3. The summed E-state index contributed by atoms with van der Waals surface area (Å²) in [6, 6.07) is 11.1.